The first-order chi connectivity index (χ1) is 20.8. The second-order valence-corrected chi connectivity index (χ2v) is 11.8. The molecule has 0 fully saturated rings. The molecule has 0 spiro atoms. The molecule has 1 atom stereocenters. The van der Waals surface area contributed by atoms with Crippen LogP contribution in [-0.2, 0) is 30.5 Å². The molecule has 2 aromatic carbocycles. The molecule has 0 radical (unpaired) electrons. The van der Waals surface area contributed by atoms with Crippen LogP contribution in [0.25, 0.3) is 0 Å². The number of hydrogen-bond acceptors (Lipinski definition) is 5. The topological polar surface area (TPSA) is 89.2 Å². The van der Waals surface area contributed by atoms with Gasteiger partial charge >= 0.3 is 6.18 Å². The molecule has 236 valence electrons. The van der Waals surface area contributed by atoms with E-state index in [1.807, 2.05) is 49.5 Å². The van der Waals surface area contributed by atoms with Crippen LogP contribution in [0.5, 0.6) is 0 Å². The van der Waals surface area contributed by atoms with Gasteiger partial charge < -0.3 is 25.0 Å². The van der Waals surface area contributed by atoms with E-state index in [4.69, 9.17) is 17.5 Å². The molecule has 0 aliphatic heterocycles. The zero-order valence-electron chi connectivity index (χ0n) is 25.6. The molecule has 2 N–H and O–H groups in total. The van der Waals surface area contributed by atoms with Gasteiger partial charge in [0.05, 0.1) is 29.9 Å². The van der Waals surface area contributed by atoms with Crippen molar-refractivity contribution in [1.29, 1.82) is 5.26 Å². The van der Waals surface area contributed by atoms with Crippen LogP contribution in [0.15, 0.2) is 61.1 Å². The third-order valence-corrected chi connectivity index (χ3v) is 7.35. The smallest absolute Gasteiger partial charge is 0.361 e. The molecule has 0 unspecified atom stereocenters. The molecule has 3 rings (SSSR count). The Balaban J connectivity index is 1.77. The molecule has 0 saturated heterocycles. The number of carbonyl (C=O) groups is 1. The fourth-order valence-electron chi connectivity index (χ4n) is 4.83. The van der Waals surface area contributed by atoms with E-state index >= 15 is 0 Å². The fraction of sp³-hybridized carbons (Fsp3) is 0.438. The number of aromatic nitrogens is 2. The van der Waals surface area contributed by atoms with Crippen molar-refractivity contribution < 1.29 is 18.0 Å². The molecule has 1 aromatic heterocycles. The number of halogens is 3. The molecule has 44 heavy (non-hydrogen) atoms. The first-order valence-corrected chi connectivity index (χ1v) is 14.9. The van der Waals surface area contributed by atoms with Gasteiger partial charge in [-0.25, -0.2) is 4.98 Å². The maximum absolute atomic E-state index is 13.8. The highest BCUT2D eigenvalue weighted by Crippen LogP contribution is 2.32. The first kappa shape index (κ1) is 34.5. The van der Waals surface area contributed by atoms with Crippen molar-refractivity contribution in [3.05, 3.63) is 89.0 Å². The van der Waals surface area contributed by atoms with Crippen LogP contribution in [0, 0.1) is 17.2 Å². The van der Waals surface area contributed by atoms with E-state index in [-0.39, 0.29) is 42.9 Å². The summed E-state index contributed by atoms with van der Waals surface area (Å²) in [6.45, 7) is 5.93. The Morgan fingerprint density at radius 2 is 1.84 bits per heavy atom. The van der Waals surface area contributed by atoms with Crippen LogP contribution >= 0.6 is 12.2 Å². The van der Waals surface area contributed by atoms with Gasteiger partial charge in [0.2, 0.25) is 5.91 Å². The molecular weight excluding hydrogens is 587 g/mol. The van der Waals surface area contributed by atoms with Crippen LogP contribution in [0.2, 0.25) is 0 Å². The molecule has 1 amide bonds. The highest BCUT2D eigenvalue weighted by Gasteiger charge is 2.33. The number of nitrogens with zero attached hydrogens (tertiary/aromatic N) is 5. The van der Waals surface area contributed by atoms with Gasteiger partial charge in [-0.05, 0) is 68.0 Å². The summed E-state index contributed by atoms with van der Waals surface area (Å²) in [4.78, 5) is 21.2. The van der Waals surface area contributed by atoms with E-state index in [0.29, 0.717) is 42.4 Å². The quantitative estimate of drug-likeness (QED) is 0.248. The number of thiocarbonyl (C=S) groups is 1. The summed E-state index contributed by atoms with van der Waals surface area (Å²) in [5.41, 5.74) is 1.65. The van der Waals surface area contributed by atoms with Gasteiger partial charge in [0.25, 0.3) is 0 Å². The Labute approximate surface area is 262 Å². The van der Waals surface area contributed by atoms with E-state index < -0.39 is 11.7 Å². The van der Waals surface area contributed by atoms with Crippen molar-refractivity contribution in [2.24, 2.45) is 5.92 Å². The third-order valence-electron chi connectivity index (χ3n) is 6.94. The molecule has 0 saturated carbocycles. The van der Waals surface area contributed by atoms with Gasteiger partial charge in [-0.2, -0.15) is 18.4 Å². The van der Waals surface area contributed by atoms with Crippen LogP contribution in [0.4, 0.5) is 13.2 Å². The van der Waals surface area contributed by atoms with Gasteiger partial charge in [0, 0.05) is 50.7 Å². The summed E-state index contributed by atoms with van der Waals surface area (Å²) in [7, 11) is 3.85. The minimum absolute atomic E-state index is 0.0642. The van der Waals surface area contributed by atoms with E-state index in [9.17, 15) is 18.0 Å². The van der Waals surface area contributed by atoms with Crippen LogP contribution in [0.1, 0.15) is 48.2 Å². The van der Waals surface area contributed by atoms with Gasteiger partial charge in [0.1, 0.15) is 0 Å². The monoisotopic (exact) mass is 627 g/mol. The summed E-state index contributed by atoms with van der Waals surface area (Å²) in [6, 6.07) is 14.4. The lowest BCUT2D eigenvalue weighted by atomic mass is 10.0. The van der Waals surface area contributed by atoms with Crippen LogP contribution < -0.4 is 10.6 Å². The molecule has 0 aliphatic rings. The highest BCUT2D eigenvalue weighted by atomic mass is 32.1. The summed E-state index contributed by atoms with van der Waals surface area (Å²) in [6.07, 6.45) is -0.523. The molecule has 8 nitrogen and oxygen atoms in total. The van der Waals surface area contributed by atoms with E-state index in [1.165, 1.54) is 12.1 Å². The number of nitrogens with one attached hydrogen (secondary N) is 2. The normalized spacial score (nSPS) is 12.2. The maximum Gasteiger partial charge on any atom is 0.416 e. The molecule has 1 heterocycles. The number of carbonyl (C=O) groups excluding carboxylic acids is 1. The third kappa shape index (κ3) is 11.0. The minimum Gasteiger partial charge on any atom is -0.361 e. The van der Waals surface area contributed by atoms with Crippen LogP contribution in [0.3, 0.4) is 0 Å². The predicted octanol–water partition coefficient (Wildman–Crippen LogP) is 4.83. The lowest BCUT2D eigenvalue weighted by molar-refractivity contribution is -0.138. The van der Waals surface area contributed by atoms with Crippen molar-refractivity contribution in [3.8, 4) is 6.07 Å². The van der Waals surface area contributed by atoms with Crippen molar-refractivity contribution in [2.75, 3.05) is 33.7 Å². The summed E-state index contributed by atoms with van der Waals surface area (Å²) < 4.78 is 43.4. The average molecular weight is 628 g/mol. The van der Waals surface area contributed by atoms with Gasteiger partial charge in [-0.1, -0.05) is 44.2 Å². The average Bonchev–Trinajstić information content (AvgIpc) is 3.38. The minimum atomic E-state index is -4.51. The zero-order valence-corrected chi connectivity index (χ0v) is 26.4. The molecule has 0 aliphatic carbocycles. The fourth-order valence-corrected chi connectivity index (χ4v) is 5.08. The number of benzene rings is 2. The van der Waals surface area contributed by atoms with Crippen molar-refractivity contribution in [3.63, 3.8) is 0 Å². The largest absolute Gasteiger partial charge is 0.416 e. The van der Waals surface area contributed by atoms with E-state index in [1.54, 1.807) is 35.6 Å². The Morgan fingerprint density at radius 3 is 2.48 bits per heavy atom. The number of hydrogen-bond donors (Lipinski definition) is 2. The summed E-state index contributed by atoms with van der Waals surface area (Å²) in [5, 5.41) is 15.7. The first-order valence-electron chi connectivity index (χ1n) is 14.5. The number of imidazole rings is 1. The Morgan fingerprint density at radius 1 is 1.14 bits per heavy atom. The predicted molar refractivity (Wildman–Crippen MR) is 169 cm³/mol. The molecule has 12 heteroatoms. The molecular formula is C32H40F3N7OS. The van der Waals surface area contributed by atoms with Crippen molar-refractivity contribution in [1.82, 2.24) is 30.0 Å². The second-order valence-electron chi connectivity index (χ2n) is 11.5. The number of amides is 1. The Kier molecular flexibility index (Phi) is 12.7. The van der Waals surface area contributed by atoms with Gasteiger partial charge in [-0.15, -0.1) is 0 Å². The van der Waals surface area contributed by atoms with Crippen molar-refractivity contribution >= 4 is 23.2 Å². The summed E-state index contributed by atoms with van der Waals surface area (Å²) in [5.74, 6) is -0.0128. The second kappa shape index (κ2) is 16.2. The Bertz CT molecular complexity index is 1410. The standard InChI is InChI=1S/C32H40F3N7OS/c1-23(2)15-27(39-30(43)16-28-18-37-22-42(28)19-25-11-9-24(17-36)10-12-25)21-41(31(44)38-13-14-40(3)4)20-26-7-5-6-8-29(26)32(33,34)35/h5-12,18,22-23,27H,13-16,19-21H2,1-4H3,(H,38,44)(H,39,43)/t27-/m0/s1. The number of likely N-dealkylation sites (N-methyl/N-ethyl adjacent to an activating group) is 1. The zero-order chi connectivity index (χ0) is 32.3. The SMILES string of the molecule is CC(C)C[C@@H](CN(Cc1ccccc1C(F)(F)F)C(=S)NCCN(C)C)NC(=O)Cc1cncn1Cc1ccc(C#N)cc1. The van der Waals surface area contributed by atoms with E-state index in [0.717, 1.165) is 11.6 Å². The molecule has 0 bridgehead atoms. The number of nitriles is 1. The van der Waals surface area contributed by atoms with Gasteiger partial charge in [-0.3, -0.25) is 4.79 Å². The molecule has 3 aromatic rings. The lowest BCUT2D eigenvalue weighted by Gasteiger charge is -2.32. The summed E-state index contributed by atoms with van der Waals surface area (Å²) >= 11 is 5.67. The van der Waals surface area contributed by atoms with Crippen LogP contribution in [-0.4, -0.2) is 70.1 Å². The van der Waals surface area contributed by atoms with Gasteiger partial charge in [0.15, 0.2) is 5.11 Å². The Hall–Kier alpha value is -3.95. The highest BCUT2D eigenvalue weighted by molar-refractivity contribution is 7.80. The number of alkyl halides is 3. The number of rotatable bonds is 14. The maximum atomic E-state index is 13.8. The lowest BCUT2D eigenvalue weighted by Crippen LogP contribution is -2.50. The van der Waals surface area contributed by atoms with Crippen molar-refractivity contribution in [2.45, 2.75) is 52.0 Å². The van der Waals surface area contributed by atoms with E-state index in [2.05, 4.69) is 21.7 Å².